The van der Waals surface area contributed by atoms with E-state index in [0.29, 0.717) is 17.0 Å². The standard InChI is InChI=1S/C18H21N3O3.C7H4F2O.C2H6/c1-12(11-19-4)20-9-8-13-10-14(6-7-15(13)23-5)16-17(22)18(2,3)24-21-16;8-6-2-1-3-7(9)5(6)4-10;1-2/h6-11H,1-5H3;1-4H;1-2H3/b9-8+,19-11?,20-12?;;. The van der Waals surface area contributed by atoms with Gasteiger partial charge in [0.25, 0.3) is 0 Å². The molecule has 1 aliphatic heterocycles. The van der Waals surface area contributed by atoms with E-state index in [2.05, 4.69) is 15.1 Å². The highest BCUT2D eigenvalue weighted by atomic mass is 19.1. The molecule has 1 aliphatic rings. The Morgan fingerprint density at radius 3 is 2.25 bits per heavy atom. The zero-order valence-electron chi connectivity index (χ0n) is 21.5. The summed E-state index contributed by atoms with van der Waals surface area (Å²) in [5.74, 6) is -1.11. The number of ketones is 1. The first-order valence-electron chi connectivity index (χ1n) is 11.2. The lowest BCUT2D eigenvalue weighted by Crippen LogP contribution is -2.33. The van der Waals surface area contributed by atoms with Crippen LogP contribution in [0.3, 0.4) is 0 Å². The second-order valence-corrected chi connectivity index (χ2v) is 7.55. The van der Waals surface area contributed by atoms with Crippen LogP contribution in [0.15, 0.2) is 57.7 Å². The summed E-state index contributed by atoms with van der Waals surface area (Å²) in [6.07, 6.45) is 5.30. The number of Topliss-reactive ketones (excluding diaryl/α,β-unsaturated/α-hetero) is 1. The van der Waals surface area contributed by atoms with Crippen LogP contribution in [0.2, 0.25) is 0 Å². The summed E-state index contributed by atoms with van der Waals surface area (Å²) in [5.41, 5.74) is 1.14. The topological polar surface area (TPSA) is 89.7 Å². The zero-order valence-corrected chi connectivity index (χ0v) is 21.5. The predicted molar refractivity (Wildman–Crippen MR) is 139 cm³/mol. The number of hydrogen-bond acceptors (Lipinski definition) is 7. The Labute approximate surface area is 210 Å². The third kappa shape index (κ3) is 8.04. The van der Waals surface area contributed by atoms with Crippen molar-refractivity contribution in [2.24, 2.45) is 15.1 Å². The van der Waals surface area contributed by atoms with Crippen LogP contribution in [0.4, 0.5) is 8.78 Å². The third-order valence-electron chi connectivity index (χ3n) is 4.60. The molecule has 1 heterocycles. The van der Waals surface area contributed by atoms with Crippen molar-refractivity contribution in [1.29, 1.82) is 0 Å². The summed E-state index contributed by atoms with van der Waals surface area (Å²) < 4.78 is 30.1. The number of aliphatic imine (C=N–C) groups is 2. The van der Waals surface area contributed by atoms with Gasteiger partial charge in [0.2, 0.25) is 5.78 Å². The van der Waals surface area contributed by atoms with Gasteiger partial charge in [0, 0.05) is 30.6 Å². The van der Waals surface area contributed by atoms with E-state index in [1.54, 1.807) is 58.6 Å². The molecule has 0 amide bonds. The number of methoxy groups -OCH3 is 1. The molecule has 36 heavy (non-hydrogen) atoms. The first-order valence-corrected chi connectivity index (χ1v) is 11.2. The molecule has 0 spiro atoms. The van der Waals surface area contributed by atoms with Gasteiger partial charge in [-0.05, 0) is 57.2 Å². The molecule has 0 radical (unpaired) electrons. The van der Waals surface area contributed by atoms with Gasteiger partial charge in [0.1, 0.15) is 17.4 Å². The largest absolute Gasteiger partial charge is 0.496 e. The van der Waals surface area contributed by atoms with Gasteiger partial charge in [-0.2, -0.15) is 0 Å². The number of oxime groups is 1. The second-order valence-electron chi connectivity index (χ2n) is 7.55. The molecule has 0 fully saturated rings. The van der Waals surface area contributed by atoms with Gasteiger partial charge in [-0.1, -0.05) is 25.1 Å². The number of carbonyl (C=O) groups excluding carboxylic acids is 2. The molecule has 2 aromatic rings. The van der Waals surface area contributed by atoms with Crippen LogP contribution in [0.25, 0.3) is 6.08 Å². The van der Waals surface area contributed by atoms with Crippen LogP contribution in [0, 0.1) is 11.6 Å². The smallest absolute Gasteiger partial charge is 0.230 e. The van der Waals surface area contributed by atoms with Crippen LogP contribution in [-0.2, 0) is 9.63 Å². The van der Waals surface area contributed by atoms with Crippen molar-refractivity contribution in [3.05, 3.63) is 70.9 Å². The molecule has 0 saturated carbocycles. The highest BCUT2D eigenvalue weighted by molar-refractivity contribution is 6.49. The zero-order chi connectivity index (χ0) is 27.3. The molecule has 0 aliphatic carbocycles. The number of ether oxygens (including phenoxy) is 1. The monoisotopic (exact) mass is 499 g/mol. The number of hydrogen-bond donors (Lipinski definition) is 0. The second kappa shape index (κ2) is 14.4. The van der Waals surface area contributed by atoms with E-state index in [1.807, 2.05) is 26.8 Å². The molecular weight excluding hydrogens is 468 g/mol. The van der Waals surface area contributed by atoms with Crippen molar-refractivity contribution >= 4 is 35.8 Å². The van der Waals surface area contributed by atoms with E-state index < -0.39 is 22.8 Å². The van der Waals surface area contributed by atoms with Gasteiger partial charge in [0.15, 0.2) is 17.6 Å². The van der Waals surface area contributed by atoms with E-state index in [0.717, 1.165) is 23.4 Å². The van der Waals surface area contributed by atoms with Crippen LogP contribution in [-0.4, -0.2) is 49.5 Å². The maximum absolute atomic E-state index is 12.4. The molecule has 0 bridgehead atoms. The number of aldehydes is 1. The quantitative estimate of drug-likeness (QED) is 0.376. The Morgan fingerprint density at radius 2 is 1.78 bits per heavy atom. The molecule has 0 unspecified atom stereocenters. The van der Waals surface area contributed by atoms with Gasteiger partial charge in [-0.3, -0.25) is 19.6 Å². The molecule has 192 valence electrons. The molecule has 0 aromatic heterocycles. The Kier molecular flexibility index (Phi) is 12.0. The minimum absolute atomic E-state index is 0.143. The van der Waals surface area contributed by atoms with E-state index >= 15 is 0 Å². The Hall–Kier alpha value is -4.01. The Bertz CT molecular complexity index is 1170. The molecule has 7 nitrogen and oxygen atoms in total. The average Bonchev–Trinajstić information content (AvgIpc) is 3.13. The fourth-order valence-electron chi connectivity index (χ4n) is 2.80. The highest BCUT2D eigenvalue weighted by Gasteiger charge is 2.40. The van der Waals surface area contributed by atoms with Gasteiger partial charge < -0.3 is 9.57 Å². The lowest BCUT2D eigenvalue weighted by atomic mass is 9.95. The molecule has 3 rings (SSSR count). The van der Waals surface area contributed by atoms with Gasteiger partial charge in [-0.15, -0.1) is 0 Å². The summed E-state index contributed by atoms with van der Waals surface area (Å²) >= 11 is 0. The van der Waals surface area contributed by atoms with Crippen LogP contribution in [0.1, 0.15) is 56.1 Å². The number of benzene rings is 2. The van der Waals surface area contributed by atoms with Crippen molar-refractivity contribution in [2.45, 2.75) is 40.2 Å². The van der Waals surface area contributed by atoms with E-state index in [1.165, 1.54) is 6.07 Å². The fourth-order valence-corrected chi connectivity index (χ4v) is 2.80. The summed E-state index contributed by atoms with van der Waals surface area (Å²) in [6, 6.07) is 8.68. The van der Waals surface area contributed by atoms with Crippen LogP contribution < -0.4 is 4.74 Å². The minimum Gasteiger partial charge on any atom is -0.496 e. The molecule has 0 atom stereocenters. The van der Waals surface area contributed by atoms with Crippen molar-refractivity contribution in [3.63, 3.8) is 0 Å². The van der Waals surface area contributed by atoms with Crippen molar-refractivity contribution in [1.82, 2.24) is 0 Å². The summed E-state index contributed by atoms with van der Waals surface area (Å²) in [6.45, 7) is 9.25. The lowest BCUT2D eigenvalue weighted by molar-refractivity contribution is -0.128. The molecule has 0 saturated heterocycles. The predicted octanol–water partition coefficient (Wildman–Crippen LogP) is 5.71. The number of nitrogens with zero attached hydrogens (tertiary/aromatic N) is 3. The van der Waals surface area contributed by atoms with Crippen molar-refractivity contribution in [2.75, 3.05) is 14.2 Å². The van der Waals surface area contributed by atoms with E-state index in [-0.39, 0.29) is 12.1 Å². The minimum atomic E-state index is -0.924. The van der Waals surface area contributed by atoms with Crippen LogP contribution >= 0.6 is 0 Å². The maximum Gasteiger partial charge on any atom is 0.230 e. The summed E-state index contributed by atoms with van der Waals surface area (Å²) in [7, 11) is 3.28. The first kappa shape index (κ1) is 30.0. The lowest BCUT2D eigenvalue weighted by Gasteiger charge is -2.12. The SMILES string of the molecule is CC.CN=CC(C)=N/C=C/c1cc(C2=NOC(C)(C)C2=O)ccc1OC.O=Cc1c(F)cccc1F. The fraction of sp³-hybridized carbons (Fsp3) is 0.296. The van der Waals surface area contributed by atoms with E-state index in [4.69, 9.17) is 9.57 Å². The maximum atomic E-state index is 12.4. The number of carbonyl (C=O) groups is 2. The summed E-state index contributed by atoms with van der Waals surface area (Å²) in [5, 5.41) is 3.93. The Balaban J connectivity index is 0.000000450. The number of rotatable bonds is 6. The molecule has 0 N–H and O–H groups in total. The van der Waals surface area contributed by atoms with Gasteiger partial charge >= 0.3 is 0 Å². The third-order valence-corrected chi connectivity index (χ3v) is 4.60. The molecular formula is C27H31F2N3O4. The average molecular weight is 500 g/mol. The Morgan fingerprint density at radius 1 is 1.14 bits per heavy atom. The molecule has 9 heteroatoms. The van der Waals surface area contributed by atoms with E-state index in [9.17, 15) is 18.4 Å². The summed E-state index contributed by atoms with van der Waals surface area (Å²) in [4.78, 5) is 35.7. The van der Waals surface area contributed by atoms with Gasteiger partial charge in [-0.25, -0.2) is 8.78 Å². The van der Waals surface area contributed by atoms with Crippen molar-refractivity contribution < 1.29 is 27.9 Å². The first-order chi connectivity index (χ1) is 17.1. The van der Waals surface area contributed by atoms with Crippen molar-refractivity contribution in [3.8, 4) is 5.75 Å². The highest BCUT2D eigenvalue weighted by Crippen LogP contribution is 2.26. The van der Waals surface area contributed by atoms with Crippen LogP contribution in [0.5, 0.6) is 5.75 Å². The van der Waals surface area contributed by atoms with Gasteiger partial charge in [0.05, 0.1) is 18.4 Å². The normalized spacial score (nSPS) is 14.4. The molecule has 2 aromatic carbocycles. The number of halogens is 2.